The Hall–Kier alpha value is -1.19. The summed E-state index contributed by atoms with van der Waals surface area (Å²) in [4.78, 5) is 28.5. The molecule has 8 nitrogen and oxygen atoms in total. The second-order valence-corrected chi connectivity index (χ2v) is 9.26. The first-order valence-corrected chi connectivity index (χ1v) is 11.0. The number of piperazine rings is 1. The average Bonchev–Trinajstić information content (AvgIpc) is 3.38. The molecule has 9 heteroatoms. The third-order valence-electron chi connectivity index (χ3n) is 5.16. The third-order valence-corrected chi connectivity index (χ3v) is 6.45. The van der Waals surface area contributed by atoms with Crippen LogP contribution in [0.3, 0.4) is 0 Å². The first kappa shape index (κ1) is 18.6. The Morgan fingerprint density at radius 1 is 1.00 bits per heavy atom. The van der Waals surface area contributed by atoms with Gasteiger partial charge in [-0.3, -0.25) is 14.5 Å². The summed E-state index contributed by atoms with van der Waals surface area (Å²) >= 11 is 0. The summed E-state index contributed by atoms with van der Waals surface area (Å²) in [6.07, 6.45) is 5.61. The molecule has 0 aromatic carbocycles. The molecule has 0 aromatic heterocycles. The van der Waals surface area contributed by atoms with E-state index in [0.717, 1.165) is 25.7 Å². The van der Waals surface area contributed by atoms with Gasteiger partial charge in [0, 0.05) is 38.8 Å². The number of rotatable bonds is 5. The Kier molecular flexibility index (Phi) is 5.65. The minimum Gasteiger partial charge on any atom is -0.352 e. The predicted molar refractivity (Wildman–Crippen MR) is 93.4 cm³/mol. The molecule has 3 aliphatic rings. The zero-order chi connectivity index (χ0) is 18.0. The van der Waals surface area contributed by atoms with Gasteiger partial charge >= 0.3 is 0 Å². The van der Waals surface area contributed by atoms with Crippen molar-refractivity contribution in [3.63, 3.8) is 0 Å². The highest BCUT2D eigenvalue weighted by Gasteiger charge is 2.37. The summed E-state index contributed by atoms with van der Waals surface area (Å²) in [6, 6.07) is -0.197. The molecule has 142 valence electrons. The van der Waals surface area contributed by atoms with E-state index in [0.29, 0.717) is 51.7 Å². The molecule has 1 aliphatic carbocycles. The lowest BCUT2D eigenvalue weighted by atomic mass is 10.0. The van der Waals surface area contributed by atoms with Crippen LogP contribution >= 0.6 is 0 Å². The SMILES string of the molecule is CS(=O)(=O)N1CCCCC1C(=O)N1CCN(CC(=O)NC2CC2)CC1. The zero-order valence-corrected chi connectivity index (χ0v) is 15.6. The van der Waals surface area contributed by atoms with E-state index in [1.165, 1.54) is 10.6 Å². The van der Waals surface area contributed by atoms with E-state index in [4.69, 9.17) is 0 Å². The average molecular weight is 372 g/mol. The predicted octanol–water partition coefficient (Wildman–Crippen LogP) is -0.777. The van der Waals surface area contributed by atoms with E-state index in [-0.39, 0.29) is 11.8 Å². The molecule has 2 heterocycles. The van der Waals surface area contributed by atoms with Crippen LogP contribution in [0.25, 0.3) is 0 Å². The van der Waals surface area contributed by atoms with Gasteiger partial charge in [0.05, 0.1) is 12.8 Å². The molecule has 1 saturated carbocycles. The molecule has 25 heavy (non-hydrogen) atoms. The highest BCUT2D eigenvalue weighted by Crippen LogP contribution is 2.22. The number of carbonyl (C=O) groups is 2. The van der Waals surface area contributed by atoms with Gasteiger partial charge in [-0.15, -0.1) is 0 Å². The number of piperidine rings is 1. The van der Waals surface area contributed by atoms with Crippen LogP contribution in [-0.4, -0.2) is 91.9 Å². The summed E-state index contributed by atoms with van der Waals surface area (Å²) in [5.74, 6) is -0.0370. The van der Waals surface area contributed by atoms with Crippen molar-refractivity contribution < 1.29 is 18.0 Å². The highest BCUT2D eigenvalue weighted by molar-refractivity contribution is 7.88. The quantitative estimate of drug-likeness (QED) is 0.684. The topological polar surface area (TPSA) is 90.0 Å². The molecular weight excluding hydrogens is 344 g/mol. The first-order valence-electron chi connectivity index (χ1n) is 9.12. The van der Waals surface area contributed by atoms with E-state index in [9.17, 15) is 18.0 Å². The maximum Gasteiger partial charge on any atom is 0.241 e. The minimum atomic E-state index is -3.37. The fourth-order valence-electron chi connectivity index (χ4n) is 3.59. The fraction of sp³-hybridized carbons (Fsp3) is 0.875. The Bertz CT molecular complexity index is 612. The van der Waals surface area contributed by atoms with Gasteiger partial charge in [0.2, 0.25) is 21.8 Å². The molecule has 0 spiro atoms. The second kappa shape index (κ2) is 7.59. The maximum atomic E-state index is 12.8. The monoisotopic (exact) mass is 372 g/mol. The number of nitrogens with zero attached hydrogens (tertiary/aromatic N) is 3. The largest absolute Gasteiger partial charge is 0.352 e. The number of hydrogen-bond acceptors (Lipinski definition) is 5. The van der Waals surface area contributed by atoms with Gasteiger partial charge in [-0.25, -0.2) is 8.42 Å². The van der Waals surface area contributed by atoms with Crippen LogP contribution in [0.2, 0.25) is 0 Å². The molecule has 1 N–H and O–H groups in total. The Balaban J connectivity index is 1.51. The molecule has 2 saturated heterocycles. The van der Waals surface area contributed by atoms with Crippen LogP contribution in [0.1, 0.15) is 32.1 Å². The van der Waals surface area contributed by atoms with Crippen LogP contribution in [0.5, 0.6) is 0 Å². The molecule has 1 unspecified atom stereocenters. The third kappa shape index (κ3) is 4.92. The van der Waals surface area contributed by atoms with Gasteiger partial charge in [0.15, 0.2) is 0 Å². The van der Waals surface area contributed by atoms with E-state index in [2.05, 4.69) is 10.2 Å². The lowest BCUT2D eigenvalue weighted by Gasteiger charge is -2.39. The lowest BCUT2D eigenvalue weighted by Crippen LogP contribution is -2.57. The minimum absolute atomic E-state index is 0.0535. The number of sulfonamides is 1. The van der Waals surface area contributed by atoms with Gasteiger partial charge in [-0.2, -0.15) is 4.31 Å². The number of nitrogens with one attached hydrogen (secondary N) is 1. The van der Waals surface area contributed by atoms with Crippen molar-refractivity contribution >= 4 is 21.8 Å². The first-order chi connectivity index (χ1) is 11.8. The van der Waals surface area contributed by atoms with Crippen molar-refractivity contribution in [3.8, 4) is 0 Å². The standard InChI is InChI=1S/C16H28N4O4S/c1-25(23,24)20-7-3-2-4-14(20)16(22)19-10-8-18(9-11-19)12-15(21)17-13-5-6-13/h13-14H,2-12H2,1H3,(H,17,21). The number of carbonyl (C=O) groups excluding carboxylic acids is 2. The van der Waals surface area contributed by atoms with E-state index in [1.807, 2.05) is 0 Å². The van der Waals surface area contributed by atoms with Crippen molar-refractivity contribution in [3.05, 3.63) is 0 Å². The van der Waals surface area contributed by atoms with Gasteiger partial charge in [-0.1, -0.05) is 6.42 Å². The summed E-state index contributed by atoms with van der Waals surface area (Å²) in [5, 5.41) is 2.97. The molecule has 3 rings (SSSR count). The molecule has 0 bridgehead atoms. The second-order valence-electron chi connectivity index (χ2n) is 7.33. The van der Waals surface area contributed by atoms with Crippen LogP contribution < -0.4 is 5.32 Å². The zero-order valence-electron chi connectivity index (χ0n) is 14.8. The van der Waals surface area contributed by atoms with Gasteiger partial charge < -0.3 is 10.2 Å². The van der Waals surface area contributed by atoms with Crippen molar-refractivity contribution in [2.45, 2.75) is 44.2 Å². The summed E-state index contributed by atoms with van der Waals surface area (Å²) in [6.45, 7) is 3.19. The highest BCUT2D eigenvalue weighted by atomic mass is 32.2. The van der Waals surface area contributed by atoms with E-state index in [1.54, 1.807) is 4.90 Å². The smallest absolute Gasteiger partial charge is 0.241 e. The molecule has 2 amide bonds. The molecular formula is C16H28N4O4S. The molecule has 0 aromatic rings. The number of hydrogen-bond donors (Lipinski definition) is 1. The van der Waals surface area contributed by atoms with Crippen molar-refractivity contribution in [1.82, 2.24) is 19.4 Å². The van der Waals surface area contributed by atoms with Crippen molar-refractivity contribution in [2.75, 3.05) is 45.5 Å². The number of amides is 2. The van der Waals surface area contributed by atoms with Crippen molar-refractivity contribution in [1.29, 1.82) is 0 Å². The Labute approximate surface area is 149 Å². The maximum absolute atomic E-state index is 12.8. The Morgan fingerprint density at radius 2 is 1.68 bits per heavy atom. The van der Waals surface area contributed by atoms with E-state index < -0.39 is 16.1 Å². The van der Waals surface area contributed by atoms with Crippen LogP contribution in [0.15, 0.2) is 0 Å². The van der Waals surface area contributed by atoms with Crippen LogP contribution in [0.4, 0.5) is 0 Å². The van der Waals surface area contributed by atoms with Crippen LogP contribution in [-0.2, 0) is 19.6 Å². The normalized spacial score (nSPS) is 26.4. The Morgan fingerprint density at radius 3 is 2.28 bits per heavy atom. The molecule has 3 fully saturated rings. The molecule has 2 aliphatic heterocycles. The molecule has 0 radical (unpaired) electrons. The molecule has 1 atom stereocenters. The fourth-order valence-corrected chi connectivity index (χ4v) is 4.71. The van der Waals surface area contributed by atoms with Gasteiger partial charge in [0.25, 0.3) is 0 Å². The van der Waals surface area contributed by atoms with E-state index >= 15 is 0 Å². The lowest BCUT2D eigenvalue weighted by molar-refractivity contribution is -0.138. The van der Waals surface area contributed by atoms with Gasteiger partial charge in [0.1, 0.15) is 6.04 Å². The van der Waals surface area contributed by atoms with Crippen molar-refractivity contribution in [2.24, 2.45) is 0 Å². The summed E-state index contributed by atoms with van der Waals surface area (Å²) < 4.78 is 25.3. The van der Waals surface area contributed by atoms with Gasteiger partial charge in [-0.05, 0) is 25.7 Å². The summed E-state index contributed by atoms with van der Waals surface area (Å²) in [5.41, 5.74) is 0. The van der Waals surface area contributed by atoms with Crippen LogP contribution in [0, 0.1) is 0 Å². The summed E-state index contributed by atoms with van der Waals surface area (Å²) in [7, 11) is -3.37.